The number of hydrogen-bond acceptors (Lipinski definition) is 4. The zero-order chi connectivity index (χ0) is 20.2. The maximum Gasteiger partial charge on any atom is 0.256 e. The van der Waals surface area contributed by atoms with Crippen molar-refractivity contribution in [2.24, 2.45) is 9.98 Å². The van der Waals surface area contributed by atoms with E-state index in [1.807, 2.05) is 73.7 Å². The normalized spacial score (nSPS) is 15.4. The van der Waals surface area contributed by atoms with E-state index in [1.54, 1.807) is 19.2 Å². The predicted molar refractivity (Wildman–Crippen MR) is 116 cm³/mol. The number of rotatable bonds is 3. The number of methoxy groups -OCH3 is 1. The van der Waals surface area contributed by atoms with Crippen molar-refractivity contribution in [2.75, 3.05) is 7.11 Å². The average Bonchev–Trinajstić information content (AvgIpc) is 2.89. The van der Waals surface area contributed by atoms with Crippen LogP contribution in [0.5, 0.6) is 5.75 Å². The van der Waals surface area contributed by atoms with Crippen LogP contribution < -0.4 is 10.1 Å². The van der Waals surface area contributed by atoms with Crippen LogP contribution in [0.4, 0.5) is 11.4 Å². The summed E-state index contributed by atoms with van der Waals surface area (Å²) >= 11 is 0. The van der Waals surface area contributed by atoms with Crippen molar-refractivity contribution < 1.29 is 9.53 Å². The Kier molecular flexibility index (Phi) is 5.20. The number of amidine groups is 1. The van der Waals surface area contributed by atoms with E-state index < -0.39 is 0 Å². The van der Waals surface area contributed by atoms with Gasteiger partial charge in [-0.05, 0) is 48.9 Å². The van der Waals surface area contributed by atoms with Crippen LogP contribution in [0.15, 0.2) is 88.8 Å². The highest BCUT2D eigenvalue weighted by molar-refractivity contribution is 6.19. The van der Waals surface area contributed by atoms with Gasteiger partial charge in [0.15, 0.2) is 0 Å². The first kappa shape index (κ1) is 18.6. The van der Waals surface area contributed by atoms with Gasteiger partial charge in [-0.2, -0.15) is 0 Å². The smallest absolute Gasteiger partial charge is 0.256 e. The monoisotopic (exact) mass is 383 g/mol. The van der Waals surface area contributed by atoms with Crippen LogP contribution in [-0.2, 0) is 0 Å². The molecule has 0 spiro atoms. The summed E-state index contributed by atoms with van der Waals surface area (Å²) in [6.45, 7) is 1.96. The summed E-state index contributed by atoms with van der Waals surface area (Å²) in [5.74, 6) is 0.846. The number of amides is 1. The second-order valence-corrected chi connectivity index (χ2v) is 6.77. The number of benzene rings is 3. The zero-order valence-electron chi connectivity index (χ0n) is 16.3. The molecule has 1 aliphatic heterocycles. The van der Waals surface area contributed by atoms with Crippen molar-refractivity contribution >= 4 is 28.8 Å². The Morgan fingerprint density at radius 3 is 2.14 bits per heavy atom. The standard InChI is InChI=1S/C24H21N3O2/c1-16-22(17-12-14-19(29-2)15-13-17)23(26-21-11-7-6-10-20(21)25-16)27-24(28)18-8-4-3-5-9-18/h3-15,22H,1-2H3,(H,26,27,28)/t22-/m0/s1. The molecular weight excluding hydrogens is 362 g/mol. The summed E-state index contributed by atoms with van der Waals surface area (Å²) in [5.41, 5.74) is 3.92. The Hall–Kier alpha value is -3.73. The highest BCUT2D eigenvalue weighted by Gasteiger charge is 2.26. The summed E-state index contributed by atoms with van der Waals surface area (Å²) in [4.78, 5) is 22.5. The van der Waals surface area contributed by atoms with Crippen LogP contribution in [0, 0.1) is 0 Å². The van der Waals surface area contributed by atoms with Crippen LogP contribution in [0.25, 0.3) is 0 Å². The third kappa shape index (κ3) is 3.94. The molecule has 0 aliphatic carbocycles. The van der Waals surface area contributed by atoms with Gasteiger partial charge in [0.2, 0.25) is 0 Å². The van der Waals surface area contributed by atoms with E-state index in [2.05, 4.69) is 5.32 Å². The Bertz CT molecular complexity index is 1090. The van der Waals surface area contributed by atoms with Gasteiger partial charge in [0.05, 0.1) is 24.4 Å². The lowest BCUT2D eigenvalue weighted by Crippen LogP contribution is -2.37. The summed E-state index contributed by atoms with van der Waals surface area (Å²) < 4.78 is 5.28. The molecule has 29 heavy (non-hydrogen) atoms. The molecule has 0 saturated carbocycles. The van der Waals surface area contributed by atoms with E-state index in [4.69, 9.17) is 14.7 Å². The third-order valence-corrected chi connectivity index (χ3v) is 4.84. The van der Waals surface area contributed by atoms with Gasteiger partial charge in [-0.15, -0.1) is 0 Å². The van der Waals surface area contributed by atoms with Gasteiger partial charge in [-0.3, -0.25) is 9.79 Å². The second kappa shape index (κ2) is 8.10. The summed E-state index contributed by atoms with van der Waals surface area (Å²) in [7, 11) is 1.64. The largest absolute Gasteiger partial charge is 0.497 e. The van der Waals surface area contributed by atoms with E-state index in [0.29, 0.717) is 11.4 Å². The van der Waals surface area contributed by atoms with Crippen molar-refractivity contribution in [3.05, 3.63) is 90.0 Å². The molecule has 0 fully saturated rings. The third-order valence-electron chi connectivity index (χ3n) is 4.84. The van der Waals surface area contributed by atoms with Gasteiger partial charge < -0.3 is 10.1 Å². The molecule has 0 unspecified atom stereocenters. The van der Waals surface area contributed by atoms with Gasteiger partial charge in [0.1, 0.15) is 11.6 Å². The lowest BCUT2D eigenvalue weighted by molar-refractivity contribution is 0.0976. The van der Waals surface area contributed by atoms with Crippen molar-refractivity contribution in [1.29, 1.82) is 0 Å². The minimum atomic E-state index is -0.277. The van der Waals surface area contributed by atoms with Gasteiger partial charge in [0.25, 0.3) is 5.91 Å². The number of hydrogen-bond donors (Lipinski definition) is 1. The van der Waals surface area contributed by atoms with Crippen LogP contribution in [0.1, 0.15) is 28.8 Å². The van der Waals surface area contributed by atoms with Gasteiger partial charge >= 0.3 is 0 Å². The number of nitrogens with zero attached hydrogens (tertiary/aromatic N) is 2. The molecule has 144 valence electrons. The highest BCUT2D eigenvalue weighted by atomic mass is 16.5. The van der Waals surface area contributed by atoms with E-state index in [1.165, 1.54) is 0 Å². The van der Waals surface area contributed by atoms with E-state index in [9.17, 15) is 4.79 Å². The molecule has 5 heteroatoms. The predicted octanol–water partition coefficient (Wildman–Crippen LogP) is 5.05. The number of fused-ring (bicyclic) bond motifs is 1. The van der Waals surface area contributed by atoms with Crippen LogP contribution in [-0.4, -0.2) is 24.6 Å². The number of para-hydroxylation sites is 2. The average molecular weight is 383 g/mol. The fourth-order valence-corrected chi connectivity index (χ4v) is 3.37. The summed E-state index contributed by atoms with van der Waals surface area (Å²) in [5, 5.41) is 3.02. The van der Waals surface area contributed by atoms with Gasteiger partial charge in [0, 0.05) is 11.3 Å². The SMILES string of the molecule is COc1ccc([C@@H]2C(C)=Nc3ccccc3N=C2NC(=O)c2ccccc2)cc1. The van der Waals surface area contributed by atoms with Crippen LogP contribution in [0.3, 0.4) is 0 Å². The number of carbonyl (C=O) groups excluding carboxylic acids is 1. The van der Waals surface area contributed by atoms with Crippen molar-refractivity contribution in [3.63, 3.8) is 0 Å². The first-order valence-electron chi connectivity index (χ1n) is 9.39. The molecule has 5 nitrogen and oxygen atoms in total. The number of ether oxygens (including phenoxy) is 1. The maximum absolute atomic E-state index is 12.9. The lowest BCUT2D eigenvalue weighted by atomic mass is 9.93. The molecule has 0 saturated heterocycles. The molecule has 0 radical (unpaired) electrons. The second-order valence-electron chi connectivity index (χ2n) is 6.77. The molecule has 1 amide bonds. The fourth-order valence-electron chi connectivity index (χ4n) is 3.37. The van der Waals surface area contributed by atoms with E-state index in [0.717, 1.165) is 28.4 Å². The molecular formula is C24H21N3O2. The minimum Gasteiger partial charge on any atom is -0.497 e. The molecule has 3 aromatic rings. The molecule has 0 bridgehead atoms. The molecule has 1 heterocycles. The van der Waals surface area contributed by atoms with Crippen molar-refractivity contribution in [1.82, 2.24) is 5.32 Å². The quantitative estimate of drug-likeness (QED) is 0.688. The Labute approximate surface area is 169 Å². The first-order chi connectivity index (χ1) is 14.2. The van der Waals surface area contributed by atoms with Crippen molar-refractivity contribution in [2.45, 2.75) is 12.8 Å². The number of nitrogens with one attached hydrogen (secondary N) is 1. The number of aliphatic imine (C=N–C) groups is 2. The van der Waals surface area contributed by atoms with Crippen LogP contribution in [0.2, 0.25) is 0 Å². The van der Waals surface area contributed by atoms with Crippen molar-refractivity contribution in [3.8, 4) is 5.75 Å². The molecule has 1 atom stereocenters. The molecule has 1 aliphatic rings. The minimum absolute atomic E-state index is 0.199. The Morgan fingerprint density at radius 1 is 0.862 bits per heavy atom. The summed E-state index contributed by atoms with van der Waals surface area (Å²) in [6, 6.07) is 24.5. The number of carbonyl (C=O) groups is 1. The van der Waals surface area contributed by atoms with E-state index >= 15 is 0 Å². The van der Waals surface area contributed by atoms with Crippen LogP contribution >= 0.6 is 0 Å². The molecule has 0 aromatic heterocycles. The molecule has 4 rings (SSSR count). The topological polar surface area (TPSA) is 63.1 Å². The Morgan fingerprint density at radius 2 is 1.48 bits per heavy atom. The first-order valence-corrected chi connectivity index (χ1v) is 9.39. The lowest BCUT2D eigenvalue weighted by Gasteiger charge is -2.19. The zero-order valence-corrected chi connectivity index (χ0v) is 16.3. The highest BCUT2D eigenvalue weighted by Crippen LogP contribution is 2.34. The molecule has 1 N–H and O–H groups in total. The Balaban J connectivity index is 1.78. The van der Waals surface area contributed by atoms with E-state index in [-0.39, 0.29) is 11.8 Å². The van der Waals surface area contributed by atoms with Gasteiger partial charge in [-0.1, -0.05) is 42.5 Å². The molecule has 3 aromatic carbocycles. The van der Waals surface area contributed by atoms with Gasteiger partial charge in [-0.25, -0.2) is 4.99 Å². The summed E-state index contributed by atoms with van der Waals surface area (Å²) in [6.07, 6.45) is 0. The fraction of sp³-hybridized carbons (Fsp3) is 0.125. The maximum atomic E-state index is 12.9.